The van der Waals surface area contributed by atoms with Crippen LogP contribution in [0, 0.1) is 18.3 Å². The Morgan fingerprint density at radius 1 is 1.38 bits per heavy atom. The first-order valence-electron chi connectivity index (χ1n) is 6.24. The van der Waals surface area contributed by atoms with Crippen LogP contribution in [-0.4, -0.2) is 20.9 Å². The van der Waals surface area contributed by atoms with Crippen molar-refractivity contribution in [1.82, 2.24) is 15.0 Å². The highest BCUT2D eigenvalue weighted by molar-refractivity contribution is 7.10. The first-order valence-corrected chi connectivity index (χ1v) is 7.12. The third-order valence-corrected chi connectivity index (χ3v) is 3.69. The van der Waals surface area contributed by atoms with Crippen molar-refractivity contribution in [1.29, 1.82) is 5.26 Å². The molecule has 0 aromatic carbocycles. The lowest BCUT2D eigenvalue weighted by Crippen LogP contribution is -2.15. The molecule has 2 N–H and O–H groups in total. The summed E-state index contributed by atoms with van der Waals surface area (Å²) in [5, 5.41) is 16.6. The average Bonchev–Trinajstić information content (AvgIpc) is 2.85. The minimum absolute atomic E-state index is 0.119. The molecule has 2 heterocycles. The van der Waals surface area contributed by atoms with Crippen LogP contribution in [0.3, 0.4) is 0 Å². The van der Waals surface area contributed by atoms with Gasteiger partial charge in [-0.25, -0.2) is 0 Å². The Morgan fingerprint density at radius 3 is 2.76 bits per heavy atom. The molecule has 1 unspecified atom stereocenters. The lowest BCUT2D eigenvalue weighted by Gasteiger charge is -2.13. The fourth-order valence-electron chi connectivity index (χ4n) is 1.77. The topological polar surface area (TPSA) is 104 Å². The normalized spacial score (nSPS) is 11.5. The average molecular weight is 302 g/mol. The molecule has 0 saturated heterocycles. The summed E-state index contributed by atoms with van der Waals surface area (Å²) in [5.74, 6) is 0.812. The van der Waals surface area contributed by atoms with E-state index in [1.807, 2.05) is 12.3 Å². The number of aryl methyl sites for hydroxylation is 1. The molecule has 108 valence electrons. The van der Waals surface area contributed by atoms with Gasteiger partial charge in [-0.05, 0) is 25.3 Å². The number of hydrogen-bond donors (Lipinski definition) is 2. The highest BCUT2D eigenvalue weighted by atomic mass is 32.1. The molecule has 8 heteroatoms. The molecule has 0 aliphatic rings. The molecule has 0 fully saturated rings. The maximum absolute atomic E-state index is 11.1. The van der Waals surface area contributed by atoms with Crippen molar-refractivity contribution < 1.29 is 4.79 Å². The second-order valence-corrected chi connectivity index (χ2v) is 5.34. The van der Waals surface area contributed by atoms with E-state index in [0.29, 0.717) is 17.3 Å². The number of nitriles is 1. The molecule has 21 heavy (non-hydrogen) atoms. The number of aromatic nitrogens is 3. The van der Waals surface area contributed by atoms with E-state index in [1.165, 1.54) is 18.3 Å². The first kappa shape index (κ1) is 14.9. The standard InChI is InChI=1S/C13H14N6OS/c1-7(11-10(6-14)4-5-21-11)15-12-16-8(2)17-13(19-12)18-9(3)20/h4-5,7H,1-3H3,(H2,15,16,17,18,19,20). The summed E-state index contributed by atoms with van der Waals surface area (Å²) in [6.45, 7) is 5.03. The minimum atomic E-state index is -0.246. The van der Waals surface area contributed by atoms with Crippen LogP contribution in [0.1, 0.15) is 36.2 Å². The van der Waals surface area contributed by atoms with Crippen LogP contribution >= 0.6 is 11.3 Å². The van der Waals surface area contributed by atoms with Gasteiger partial charge in [-0.15, -0.1) is 11.3 Å². The van der Waals surface area contributed by atoms with Crippen molar-refractivity contribution in [2.45, 2.75) is 26.8 Å². The van der Waals surface area contributed by atoms with Gasteiger partial charge in [0.2, 0.25) is 17.8 Å². The largest absolute Gasteiger partial charge is 0.347 e. The van der Waals surface area contributed by atoms with E-state index in [4.69, 9.17) is 5.26 Å². The number of nitrogens with zero attached hydrogens (tertiary/aromatic N) is 4. The van der Waals surface area contributed by atoms with Crippen molar-refractivity contribution in [3.05, 3.63) is 27.7 Å². The Morgan fingerprint density at radius 2 is 2.10 bits per heavy atom. The third-order valence-electron chi connectivity index (χ3n) is 2.59. The maximum Gasteiger partial charge on any atom is 0.234 e. The highest BCUT2D eigenvalue weighted by Gasteiger charge is 2.14. The van der Waals surface area contributed by atoms with Crippen molar-refractivity contribution in [2.24, 2.45) is 0 Å². The summed E-state index contributed by atoms with van der Waals surface area (Å²) < 4.78 is 0. The third kappa shape index (κ3) is 3.73. The van der Waals surface area contributed by atoms with Gasteiger partial charge in [0.05, 0.1) is 11.6 Å². The van der Waals surface area contributed by atoms with Crippen LogP contribution in [-0.2, 0) is 4.79 Å². The smallest absolute Gasteiger partial charge is 0.234 e. The summed E-state index contributed by atoms with van der Waals surface area (Å²) in [6.07, 6.45) is 0. The van der Waals surface area contributed by atoms with Gasteiger partial charge in [-0.2, -0.15) is 20.2 Å². The van der Waals surface area contributed by atoms with Crippen LogP contribution in [0.5, 0.6) is 0 Å². The van der Waals surface area contributed by atoms with Gasteiger partial charge < -0.3 is 5.32 Å². The van der Waals surface area contributed by atoms with Gasteiger partial charge >= 0.3 is 0 Å². The maximum atomic E-state index is 11.1. The number of carbonyl (C=O) groups is 1. The molecular weight excluding hydrogens is 288 g/mol. The van der Waals surface area contributed by atoms with E-state index < -0.39 is 0 Å². The molecule has 0 bridgehead atoms. The molecule has 0 aliphatic carbocycles. The summed E-state index contributed by atoms with van der Waals surface area (Å²) in [6, 6.07) is 3.81. The van der Waals surface area contributed by atoms with E-state index in [-0.39, 0.29) is 17.9 Å². The fraction of sp³-hybridized carbons (Fsp3) is 0.308. The molecular formula is C13H14N6OS. The van der Waals surface area contributed by atoms with Crippen LogP contribution in [0.2, 0.25) is 0 Å². The number of amides is 1. The van der Waals surface area contributed by atoms with E-state index in [2.05, 4.69) is 31.7 Å². The number of carbonyl (C=O) groups excluding carboxylic acids is 1. The molecule has 0 aliphatic heterocycles. The number of rotatable bonds is 4. The van der Waals surface area contributed by atoms with Crippen LogP contribution in [0.4, 0.5) is 11.9 Å². The number of anilines is 2. The Kier molecular flexibility index (Phi) is 4.45. The van der Waals surface area contributed by atoms with E-state index >= 15 is 0 Å². The summed E-state index contributed by atoms with van der Waals surface area (Å²) in [4.78, 5) is 24.3. The van der Waals surface area contributed by atoms with Crippen LogP contribution < -0.4 is 10.6 Å². The summed E-state index contributed by atoms with van der Waals surface area (Å²) >= 11 is 1.49. The molecule has 1 atom stereocenters. The quantitative estimate of drug-likeness (QED) is 0.897. The van der Waals surface area contributed by atoms with Gasteiger partial charge in [-0.3, -0.25) is 10.1 Å². The Hall–Kier alpha value is -2.53. The molecule has 2 aromatic heterocycles. The Labute approximate surface area is 126 Å². The van der Waals surface area contributed by atoms with Gasteiger partial charge in [-0.1, -0.05) is 0 Å². The van der Waals surface area contributed by atoms with Gasteiger partial charge in [0.1, 0.15) is 11.9 Å². The van der Waals surface area contributed by atoms with E-state index in [0.717, 1.165) is 4.88 Å². The van der Waals surface area contributed by atoms with Crippen molar-refractivity contribution in [3.8, 4) is 6.07 Å². The van der Waals surface area contributed by atoms with E-state index in [1.54, 1.807) is 13.0 Å². The zero-order valence-corrected chi connectivity index (χ0v) is 12.7. The molecule has 2 aromatic rings. The van der Waals surface area contributed by atoms with Crippen molar-refractivity contribution in [2.75, 3.05) is 10.6 Å². The number of thiophene rings is 1. The van der Waals surface area contributed by atoms with Crippen LogP contribution in [0.25, 0.3) is 0 Å². The molecule has 7 nitrogen and oxygen atoms in total. The monoisotopic (exact) mass is 302 g/mol. The van der Waals surface area contributed by atoms with Gasteiger partial charge in [0.25, 0.3) is 0 Å². The molecule has 0 saturated carbocycles. The number of nitrogens with one attached hydrogen (secondary N) is 2. The second-order valence-electron chi connectivity index (χ2n) is 4.39. The van der Waals surface area contributed by atoms with Gasteiger partial charge in [0, 0.05) is 11.8 Å². The lowest BCUT2D eigenvalue weighted by molar-refractivity contribution is -0.114. The van der Waals surface area contributed by atoms with E-state index in [9.17, 15) is 4.79 Å². The number of hydrogen-bond acceptors (Lipinski definition) is 7. The van der Waals surface area contributed by atoms with Crippen molar-refractivity contribution >= 4 is 29.1 Å². The fourth-order valence-corrected chi connectivity index (χ4v) is 2.62. The second kappa shape index (κ2) is 6.28. The first-order chi connectivity index (χ1) is 9.99. The summed E-state index contributed by atoms with van der Waals surface area (Å²) in [5.41, 5.74) is 0.632. The zero-order valence-electron chi connectivity index (χ0n) is 11.8. The molecule has 0 radical (unpaired) electrons. The van der Waals surface area contributed by atoms with Crippen LogP contribution in [0.15, 0.2) is 11.4 Å². The zero-order chi connectivity index (χ0) is 15.4. The Bertz CT molecular complexity index is 705. The van der Waals surface area contributed by atoms with Crippen molar-refractivity contribution in [3.63, 3.8) is 0 Å². The highest BCUT2D eigenvalue weighted by Crippen LogP contribution is 2.26. The minimum Gasteiger partial charge on any atom is -0.347 e. The predicted octanol–water partition coefficient (Wildman–Crippen LogP) is 2.24. The summed E-state index contributed by atoms with van der Waals surface area (Å²) in [7, 11) is 0. The lowest BCUT2D eigenvalue weighted by atomic mass is 10.2. The molecule has 0 spiro atoms. The van der Waals surface area contributed by atoms with Gasteiger partial charge in [0.15, 0.2) is 0 Å². The predicted molar refractivity (Wildman–Crippen MR) is 79.9 cm³/mol. The Balaban J connectivity index is 2.21. The molecule has 1 amide bonds. The SMILES string of the molecule is CC(=O)Nc1nc(C)nc(NC(C)c2sccc2C#N)n1. The molecule has 2 rings (SSSR count).